The molecule has 3 aromatic heterocycles. The number of anilines is 1. The Morgan fingerprint density at radius 1 is 1.21 bits per heavy atom. The molecular weight excluding hydrogens is 478 g/mol. The number of thioether (sulfide) groups is 1. The molecule has 1 aliphatic carbocycles. The smallest absolute Gasteiger partial charge is 0.282 e. The molecule has 5 rings (SSSR count). The van der Waals surface area contributed by atoms with E-state index in [1.807, 2.05) is 35.7 Å². The third kappa shape index (κ3) is 3.92. The molecule has 2 amide bonds. The second-order valence-corrected chi connectivity index (χ2v) is 10.4. The number of nitrogens with two attached hydrogens (primary N) is 2. The predicted molar refractivity (Wildman–Crippen MR) is 134 cm³/mol. The number of fused-ring (bicyclic) bond motifs is 2. The zero-order valence-electron chi connectivity index (χ0n) is 17.3. The Bertz CT molecular complexity index is 1460. The van der Waals surface area contributed by atoms with Crippen LogP contribution in [0.4, 0.5) is 5.00 Å². The predicted octanol–water partition coefficient (Wildman–Crippen LogP) is 3.22. The van der Waals surface area contributed by atoms with Gasteiger partial charge in [-0.1, -0.05) is 42.1 Å². The van der Waals surface area contributed by atoms with Gasteiger partial charge in [0.25, 0.3) is 11.5 Å². The normalized spacial score (nSPS) is 12.7. The third-order valence-electron chi connectivity index (χ3n) is 5.45. The summed E-state index contributed by atoms with van der Waals surface area (Å²) in [6.07, 6.45) is 2.67. The van der Waals surface area contributed by atoms with Gasteiger partial charge >= 0.3 is 0 Å². The lowest BCUT2D eigenvalue weighted by Gasteiger charge is -2.08. The van der Waals surface area contributed by atoms with E-state index >= 15 is 0 Å². The summed E-state index contributed by atoms with van der Waals surface area (Å²) in [4.78, 5) is 43.7. The van der Waals surface area contributed by atoms with Gasteiger partial charge in [0, 0.05) is 15.8 Å². The van der Waals surface area contributed by atoms with Gasteiger partial charge in [0.1, 0.15) is 9.83 Å². The van der Waals surface area contributed by atoms with Crippen molar-refractivity contribution in [3.05, 3.63) is 62.1 Å². The molecule has 168 valence electrons. The fourth-order valence-corrected chi connectivity index (χ4v) is 6.98. The highest BCUT2D eigenvalue weighted by molar-refractivity contribution is 7.99. The van der Waals surface area contributed by atoms with Gasteiger partial charge in [-0.2, -0.15) is 0 Å². The first-order valence-corrected chi connectivity index (χ1v) is 12.8. The molecular formula is C22H19N5O3S3. The number of benzene rings is 1. The third-order valence-corrected chi connectivity index (χ3v) is 8.48. The highest BCUT2D eigenvalue weighted by Gasteiger charge is 2.26. The van der Waals surface area contributed by atoms with Crippen LogP contribution in [0.5, 0.6) is 0 Å². The monoisotopic (exact) mass is 497 g/mol. The van der Waals surface area contributed by atoms with Crippen LogP contribution in [0, 0.1) is 0 Å². The van der Waals surface area contributed by atoms with Crippen molar-refractivity contribution in [3.8, 4) is 11.1 Å². The summed E-state index contributed by atoms with van der Waals surface area (Å²) < 4.78 is 0.980. The second-order valence-electron chi connectivity index (χ2n) is 7.53. The number of amides is 2. The maximum Gasteiger partial charge on any atom is 0.282 e. The van der Waals surface area contributed by atoms with Crippen molar-refractivity contribution in [3.63, 3.8) is 0 Å². The average Bonchev–Trinajstić information content (AvgIpc) is 3.50. The summed E-state index contributed by atoms with van der Waals surface area (Å²) in [5.41, 5.74) is 8.24. The lowest BCUT2D eigenvalue weighted by molar-refractivity contribution is -0.113. The molecule has 0 aliphatic heterocycles. The standard InChI is InChI=1S/C22H19N5O3S3/c23-18(29)16-12-7-4-8-14(12)33-20(16)25-15(28)10-32-22-26-19-17(21(30)27(22)24)13(9-31-19)11-5-2-1-3-6-11/h1-3,5-6,9H,4,7-8,10,24H2,(H2,23,29)(H,25,28). The van der Waals surface area contributed by atoms with Crippen molar-refractivity contribution in [2.24, 2.45) is 5.73 Å². The number of primary amides is 1. The van der Waals surface area contributed by atoms with Crippen LogP contribution in [0.15, 0.2) is 45.7 Å². The van der Waals surface area contributed by atoms with Crippen molar-refractivity contribution in [2.45, 2.75) is 24.4 Å². The van der Waals surface area contributed by atoms with Gasteiger partial charge in [-0.25, -0.2) is 9.66 Å². The van der Waals surface area contributed by atoms with Crippen molar-refractivity contribution in [1.82, 2.24) is 9.66 Å². The van der Waals surface area contributed by atoms with Crippen LogP contribution in [0.3, 0.4) is 0 Å². The van der Waals surface area contributed by atoms with E-state index < -0.39 is 5.91 Å². The number of hydrogen-bond donors (Lipinski definition) is 3. The summed E-state index contributed by atoms with van der Waals surface area (Å²) in [7, 11) is 0. The number of carbonyl (C=O) groups excluding carboxylic acids is 2. The minimum atomic E-state index is -0.535. The summed E-state index contributed by atoms with van der Waals surface area (Å²) in [5.74, 6) is 5.16. The molecule has 0 spiro atoms. The molecule has 1 aromatic carbocycles. The van der Waals surface area contributed by atoms with Gasteiger partial charge in [0.15, 0.2) is 5.16 Å². The van der Waals surface area contributed by atoms with Crippen molar-refractivity contribution in [1.29, 1.82) is 0 Å². The van der Waals surface area contributed by atoms with Crippen molar-refractivity contribution in [2.75, 3.05) is 16.9 Å². The number of nitrogens with one attached hydrogen (secondary N) is 1. The zero-order valence-corrected chi connectivity index (χ0v) is 19.7. The molecule has 8 nitrogen and oxygen atoms in total. The first-order valence-electron chi connectivity index (χ1n) is 10.2. The van der Waals surface area contributed by atoms with Crippen LogP contribution in [0.1, 0.15) is 27.2 Å². The minimum Gasteiger partial charge on any atom is -0.365 e. The molecule has 4 aromatic rings. The number of rotatable bonds is 6. The highest BCUT2D eigenvalue weighted by atomic mass is 32.2. The van der Waals surface area contributed by atoms with Crippen molar-refractivity contribution >= 4 is 61.5 Å². The van der Waals surface area contributed by atoms with Gasteiger partial charge in [-0.15, -0.1) is 22.7 Å². The maximum absolute atomic E-state index is 13.0. The van der Waals surface area contributed by atoms with Crippen molar-refractivity contribution < 1.29 is 9.59 Å². The first kappa shape index (κ1) is 21.7. The van der Waals surface area contributed by atoms with E-state index in [0.717, 1.165) is 57.3 Å². The molecule has 0 radical (unpaired) electrons. The minimum absolute atomic E-state index is 0.0210. The molecule has 5 N–H and O–H groups in total. The summed E-state index contributed by atoms with van der Waals surface area (Å²) in [6.45, 7) is 0. The topological polar surface area (TPSA) is 133 Å². The number of aromatic nitrogens is 2. The average molecular weight is 498 g/mol. The molecule has 0 saturated carbocycles. The lowest BCUT2D eigenvalue weighted by Crippen LogP contribution is -2.30. The largest absolute Gasteiger partial charge is 0.365 e. The molecule has 33 heavy (non-hydrogen) atoms. The van der Waals surface area contributed by atoms with E-state index in [9.17, 15) is 14.4 Å². The molecule has 1 aliphatic rings. The van der Waals surface area contributed by atoms with Gasteiger partial charge in [0.05, 0.1) is 16.7 Å². The summed E-state index contributed by atoms with van der Waals surface area (Å²) in [5, 5.41) is 5.87. The Kier molecular flexibility index (Phi) is 5.69. The number of thiophene rings is 2. The molecule has 0 unspecified atom stereocenters. The quantitative estimate of drug-likeness (QED) is 0.213. The van der Waals surface area contributed by atoms with E-state index in [0.29, 0.717) is 20.8 Å². The molecule has 0 bridgehead atoms. The van der Waals surface area contributed by atoms with Crippen LogP contribution in [-0.2, 0) is 17.6 Å². The molecule has 0 fully saturated rings. The Morgan fingerprint density at radius 2 is 2.00 bits per heavy atom. The van der Waals surface area contributed by atoms with Gasteiger partial charge in [-0.3, -0.25) is 14.4 Å². The maximum atomic E-state index is 13.0. The zero-order chi connectivity index (χ0) is 23.1. The summed E-state index contributed by atoms with van der Waals surface area (Å²) >= 11 is 3.82. The number of nitrogen functional groups attached to an aromatic ring is 1. The van der Waals surface area contributed by atoms with Gasteiger partial charge in [0.2, 0.25) is 5.91 Å². The Labute approximate surface area is 200 Å². The SMILES string of the molecule is NC(=O)c1c(NC(=O)CSc2nc3scc(-c4ccccc4)c3c(=O)n2N)sc2c1CCC2. The van der Waals surface area contributed by atoms with E-state index in [1.54, 1.807) is 0 Å². The summed E-state index contributed by atoms with van der Waals surface area (Å²) in [6, 6.07) is 9.57. The molecule has 0 atom stereocenters. The number of nitrogens with zero attached hydrogens (tertiary/aromatic N) is 2. The highest BCUT2D eigenvalue weighted by Crippen LogP contribution is 2.39. The molecule has 11 heteroatoms. The number of aryl methyl sites for hydroxylation is 1. The van der Waals surface area contributed by atoms with Crippen LogP contribution in [-0.4, -0.2) is 27.2 Å². The second kappa shape index (κ2) is 8.65. The van der Waals surface area contributed by atoms with E-state index in [1.165, 1.54) is 22.7 Å². The van der Waals surface area contributed by atoms with Gasteiger partial charge in [-0.05, 0) is 30.4 Å². The number of carbonyl (C=O) groups is 2. The Hall–Kier alpha value is -3.15. The first-order chi connectivity index (χ1) is 15.9. The van der Waals surface area contributed by atoms with Crippen LogP contribution in [0.2, 0.25) is 0 Å². The van der Waals surface area contributed by atoms with Gasteiger partial charge < -0.3 is 16.9 Å². The van der Waals surface area contributed by atoms with E-state index in [4.69, 9.17) is 11.6 Å². The van der Waals surface area contributed by atoms with E-state index in [2.05, 4.69) is 10.3 Å². The fourth-order valence-electron chi connectivity index (χ4n) is 3.96. The van der Waals surface area contributed by atoms with Crippen LogP contribution in [0.25, 0.3) is 21.3 Å². The van der Waals surface area contributed by atoms with Crippen LogP contribution < -0.4 is 22.5 Å². The lowest BCUT2D eigenvalue weighted by atomic mass is 10.1. The molecule has 3 heterocycles. The Balaban J connectivity index is 1.36. The number of hydrogen-bond acceptors (Lipinski definition) is 8. The molecule has 0 saturated heterocycles. The fraction of sp³-hybridized carbons (Fsp3) is 0.182. The van der Waals surface area contributed by atoms with Crippen LogP contribution >= 0.6 is 34.4 Å². The van der Waals surface area contributed by atoms with E-state index in [-0.39, 0.29) is 22.4 Å². The Morgan fingerprint density at radius 3 is 2.76 bits per heavy atom.